The predicted molar refractivity (Wildman–Crippen MR) is 105 cm³/mol. The molecule has 2 heteroatoms. The van der Waals surface area contributed by atoms with Gasteiger partial charge in [-0.15, -0.1) is 0 Å². The molecule has 0 aromatic carbocycles. The van der Waals surface area contributed by atoms with E-state index in [1.807, 2.05) is 0 Å². The van der Waals surface area contributed by atoms with Gasteiger partial charge in [-0.2, -0.15) is 0 Å². The van der Waals surface area contributed by atoms with Crippen LogP contribution in [0.2, 0.25) is 0 Å². The lowest BCUT2D eigenvalue weighted by molar-refractivity contribution is -0.157. The lowest BCUT2D eigenvalue weighted by atomic mass is 9.99. The zero-order valence-electron chi connectivity index (χ0n) is 17.1. The number of carbonyl (C=O) groups is 1. The molecule has 0 saturated heterocycles. The fourth-order valence-electron chi connectivity index (χ4n) is 3.14. The summed E-state index contributed by atoms with van der Waals surface area (Å²) in [7, 11) is 0. The molecule has 0 rings (SSSR count). The minimum Gasteiger partial charge on any atom is -0.460 e. The van der Waals surface area contributed by atoms with Crippen LogP contribution in [0.25, 0.3) is 0 Å². The van der Waals surface area contributed by atoms with Crippen LogP contribution in [0.1, 0.15) is 130 Å². The van der Waals surface area contributed by atoms with Crippen molar-refractivity contribution >= 4 is 5.97 Å². The summed E-state index contributed by atoms with van der Waals surface area (Å²) in [6.07, 6.45) is 19.4. The average Bonchev–Trinajstić information content (AvgIpc) is 2.52. The van der Waals surface area contributed by atoms with Crippen molar-refractivity contribution in [1.82, 2.24) is 0 Å². The summed E-state index contributed by atoms with van der Waals surface area (Å²) < 4.78 is 5.68. The molecule has 0 amide bonds. The molecule has 0 heterocycles. The quantitative estimate of drug-likeness (QED) is 0.201. The van der Waals surface area contributed by atoms with E-state index in [1.165, 1.54) is 77.0 Å². The van der Waals surface area contributed by atoms with E-state index in [1.54, 1.807) is 0 Å². The molecule has 0 aromatic rings. The van der Waals surface area contributed by atoms with E-state index in [2.05, 4.69) is 27.7 Å². The minimum atomic E-state index is -0.289. The van der Waals surface area contributed by atoms with Crippen molar-refractivity contribution < 1.29 is 9.53 Å². The molecule has 144 valence electrons. The van der Waals surface area contributed by atoms with E-state index in [0.29, 0.717) is 6.42 Å². The lowest BCUT2D eigenvalue weighted by Gasteiger charge is -2.25. The number of rotatable bonds is 17. The highest BCUT2D eigenvalue weighted by Gasteiger charge is 2.21. The Bertz CT molecular complexity index is 284. The third-order valence-electron chi connectivity index (χ3n) is 4.76. The Labute approximate surface area is 152 Å². The summed E-state index contributed by atoms with van der Waals surface area (Å²) in [5.74, 6) is -0.00324. The maximum Gasteiger partial charge on any atom is 0.306 e. The van der Waals surface area contributed by atoms with Gasteiger partial charge in [0.05, 0.1) is 0 Å². The molecule has 0 unspecified atom stereocenters. The van der Waals surface area contributed by atoms with Crippen molar-refractivity contribution in [3.05, 3.63) is 0 Å². The molecule has 24 heavy (non-hydrogen) atoms. The van der Waals surface area contributed by atoms with Crippen LogP contribution in [0.4, 0.5) is 0 Å². The Kier molecular flexibility index (Phi) is 15.6. The number of carbonyl (C=O) groups excluding carboxylic acids is 1. The molecular weight excluding hydrogens is 296 g/mol. The minimum absolute atomic E-state index is 0.00324. The first-order valence-corrected chi connectivity index (χ1v) is 10.7. The molecule has 0 bridgehead atoms. The monoisotopic (exact) mass is 340 g/mol. The number of hydrogen-bond donors (Lipinski definition) is 0. The summed E-state index contributed by atoms with van der Waals surface area (Å²) in [4.78, 5) is 12.0. The Morgan fingerprint density at radius 2 is 1.08 bits per heavy atom. The summed E-state index contributed by atoms with van der Waals surface area (Å²) in [5, 5.41) is 0. The summed E-state index contributed by atoms with van der Waals surface area (Å²) in [6, 6.07) is 0. The molecule has 0 atom stereocenters. The molecular formula is C22H44O2. The SMILES string of the molecule is CCCCCCCCCCCC(=O)OC(C)(C)CCCCCCC. The van der Waals surface area contributed by atoms with Crippen molar-refractivity contribution in [2.24, 2.45) is 0 Å². The van der Waals surface area contributed by atoms with E-state index in [9.17, 15) is 4.79 Å². The van der Waals surface area contributed by atoms with Gasteiger partial charge in [-0.3, -0.25) is 4.79 Å². The van der Waals surface area contributed by atoms with Crippen LogP contribution in [0.5, 0.6) is 0 Å². The van der Waals surface area contributed by atoms with E-state index >= 15 is 0 Å². The molecule has 0 radical (unpaired) electrons. The van der Waals surface area contributed by atoms with Gasteiger partial charge in [-0.1, -0.05) is 90.9 Å². The van der Waals surface area contributed by atoms with Gasteiger partial charge in [0.25, 0.3) is 0 Å². The summed E-state index contributed by atoms with van der Waals surface area (Å²) >= 11 is 0. The first-order valence-electron chi connectivity index (χ1n) is 10.7. The molecule has 0 fully saturated rings. The van der Waals surface area contributed by atoms with Gasteiger partial charge >= 0.3 is 5.97 Å². The van der Waals surface area contributed by atoms with Crippen LogP contribution in [0, 0.1) is 0 Å². The molecule has 0 N–H and O–H groups in total. The highest BCUT2D eigenvalue weighted by Crippen LogP contribution is 2.21. The van der Waals surface area contributed by atoms with E-state index < -0.39 is 0 Å². The van der Waals surface area contributed by atoms with E-state index in [4.69, 9.17) is 4.74 Å². The number of ether oxygens (including phenoxy) is 1. The first-order chi connectivity index (χ1) is 11.5. The van der Waals surface area contributed by atoms with Crippen molar-refractivity contribution in [2.45, 2.75) is 136 Å². The van der Waals surface area contributed by atoms with Gasteiger partial charge in [-0.25, -0.2) is 0 Å². The van der Waals surface area contributed by atoms with Gasteiger partial charge in [0.1, 0.15) is 5.60 Å². The summed E-state index contributed by atoms with van der Waals surface area (Å²) in [5.41, 5.74) is -0.289. The topological polar surface area (TPSA) is 26.3 Å². The van der Waals surface area contributed by atoms with Crippen molar-refractivity contribution in [1.29, 1.82) is 0 Å². The largest absolute Gasteiger partial charge is 0.460 e. The second-order valence-corrected chi connectivity index (χ2v) is 7.98. The highest BCUT2D eigenvalue weighted by molar-refractivity contribution is 5.69. The molecule has 0 spiro atoms. The maximum atomic E-state index is 12.0. The second kappa shape index (κ2) is 16.0. The van der Waals surface area contributed by atoms with E-state index in [-0.39, 0.29) is 11.6 Å². The van der Waals surface area contributed by atoms with Crippen LogP contribution in [0.15, 0.2) is 0 Å². The normalized spacial score (nSPS) is 11.7. The Hall–Kier alpha value is -0.530. The van der Waals surface area contributed by atoms with Gasteiger partial charge in [-0.05, 0) is 33.1 Å². The average molecular weight is 341 g/mol. The fraction of sp³-hybridized carbons (Fsp3) is 0.955. The standard InChI is InChI=1S/C22H44O2/c1-5-7-9-11-12-13-14-15-17-19-21(23)24-22(3,4)20-18-16-10-8-6-2/h5-20H2,1-4H3. The van der Waals surface area contributed by atoms with E-state index in [0.717, 1.165) is 19.3 Å². The van der Waals surface area contributed by atoms with Crippen molar-refractivity contribution in [3.63, 3.8) is 0 Å². The zero-order chi connectivity index (χ0) is 18.1. The molecule has 0 aliphatic rings. The third kappa shape index (κ3) is 16.3. The predicted octanol–water partition coefficient (Wildman–Crippen LogP) is 7.59. The number of unbranched alkanes of at least 4 members (excludes halogenated alkanes) is 12. The second-order valence-electron chi connectivity index (χ2n) is 7.98. The van der Waals surface area contributed by atoms with Crippen LogP contribution < -0.4 is 0 Å². The van der Waals surface area contributed by atoms with Crippen LogP contribution in [0.3, 0.4) is 0 Å². The van der Waals surface area contributed by atoms with Gasteiger partial charge < -0.3 is 4.74 Å². The van der Waals surface area contributed by atoms with Crippen LogP contribution in [-0.2, 0) is 9.53 Å². The van der Waals surface area contributed by atoms with Crippen molar-refractivity contribution in [3.8, 4) is 0 Å². The Balaban J connectivity index is 3.52. The molecule has 0 aromatic heterocycles. The third-order valence-corrected chi connectivity index (χ3v) is 4.76. The smallest absolute Gasteiger partial charge is 0.306 e. The Morgan fingerprint density at radius 1 is 0.667 bits per heavy atom. The molecule has 0 saturated carbocycles. The number of esters is 1. The van der Waals surface area contributed by atoms with Gasteiger partial charge in [0, 0.05) is 6.42 Å². The zero-order valence-corrected chi connectivity index (χ0v) is 17.1. The maximum absolute atomic E-state index is 12.0. The fourth-order valence-corrected chi connectivity index (χ4v) is 3.14. The summed E-state index contributed by atoms with van der Waals surface area (Å²) in [6.45, 7) is 8.60. The first kappa shape index (κ1) is 23.5. The molecule has 0 aliphatic heterocycles. The van der Waals surface area contributed by atoms with Gasteiger partial charge in [0.2, 0.25) is 0 Å². The Morgan fingerprint density at radius 3 is 1.58 bits per heavy atom. The molecule has 0 aliphatic carbocycles. The van der Waals surface area contributed by atoms with Crippen LogP contribution >= 0.6 is 0 Å². The number of hydrogen-bond acceptors (Lipinski definition) is 2. The van der Waals surface area contributed by atoms with Crippen LogP contribution in [-0.4, -0.2) is 11.6 Å². The van der Waals surface area contributed by atoms with Crippen molar-refractivity contribution in [2.75, 3.05) is 0 Å². The highest BCUT2D eigenvalue weighted by atomic mass is 16.6. The van der Waals surface area contributed by atoms with Gasteiger partial charge in [0.15, 0.2) is 0 Å². The molecule has 2 nitrogen and oxygen atoms in total. The lowest BCUT2D eigenvalue weighted by Crippen LogP contribution is -2.27.